The number of ketones is 1. The number of halogens is 3. The molecule has 1 aromatic carbocycles. The molecule has 6 nitrogen and oxygen atoms in total. The summed E-state index contributed by atoms with van der Waals surface area (Å²) < 4.78 is 40.6. The third-order valence-corrected chi connectivity index (χ3v) is 6.07. The summed E-state index contributed by atoms with van der Waals surface area (Å²) in [6.07, 6.45) is 0.195. The number of Topliss-reactive ketones (excluding diaryl/α,β-unsaturated/α-hetero) is 1. The Morgan fingerprint density at radius 1 is 1.21 bits per heavy atom. The molecule has 0 aliphatic heterocycles. The zero-order valence-corrected chi connectivity index (χ0v) is 18.7. The van der Waals surface area contributed by atoms with E-state index in [9.17, 15) is 27.9 Å². The van der Waals surface area contributed by atoms with Gasteiger partial charge in [0, 0.05) is 18.2 Å². The fourth-order valence-corrected chi connectivity index (χ4v) is 4.11. The first-order chi connectivity index (χ1) is 16.0. The van der Waals surface area contributed by atoms with Crippen LogP contribution in [0.4, 0.5) is 13.2 Å². The van der Waals surface area contributed by atoms with Gasteiger partial charge >= 0.3 is 0 Å². The molecule has 4 rings (SSSR count). The van der Waals surface area contributed by atoms with Gasteiger partial charge in [-0.1, -0.05) is 6.07 Å². The lowest BCUT2D eigenvalue weighted by atomic mass is 9.82. The molecule has 0 saturated heterocycles. The molecule has 2 aromatic heterocycles. The van der Waals surface area contributed by atoms with Gasteiger partial charge in [-0.05, 0) is 74.9 Å². The molecule has 0 spiro atoms. The molecule has 178 valence electrons. The minimum atomic E-state index is -2.75. The predicted octanol–water partition coefficient (Wildman–Crippen LogP) is 4.74. The first-order valence-electron chi connectivity index (χ1n) is 10.9. The highest BCUT2D eigenvalue weighted by atomic mass is 19.3. The predicted molar refractivity (Wildman–Crippen MR) is 119 cm³/mol. The second-order valence-electron chi connectivity index (χ2n) is 9.14. The zero-order valence-electron chi connectivity index (χ0n) is 18.7. The highest BCUT2D eigenvalue weighted by Gasteiger charge is 2.41. The monoisotopic (exact) mass is 471 g/mol. The molecule has 0 amide bonds. The second kappa shape index (κ2) is 9.13. The minimum Gasteiger partial charge on any atom is -0.390 e. The summed E-state index contributed by atoms with van der Waals surface area (Å²) in [6.45, 7) is 3.28. The lowest BCUT2D eigenvalue weighted by Gasteiger charge is -2.29. The normalized spacial score (nSPS) is 14.9. The van der Waals surface area contributed by atoms with Gasteiger partial charge in [-0.2, -0.15) is 9.78 Å². The summed E-state index contributed by atoms with van der Waals surface area (Å²) in [7, 11) is 0. The van der Waals surface area contributed by atoms with Gasteiger partial charge in [0.05, 0.1) is 22.5 Å². The number of carbonyl (C=O) groups excluding carboxylic acids is 1. The Balaban J connectivity index is 1.81. The smallest absolute Gasteiger partial charge is 0.282 e. The van der Waals surface area contributed by atoms with Gasteiger partial charge in [0.25, 0.3) is 12.0 Å². The zero-order chi connectivity index (χ0) is 24.6. The van der Waals surface area contributed by atoms with Crippen molar-refractivity contribution in [1.82, 2.24) is 14.8 Å². The van der Waals surface area contributed by atoms with E-state index in [4.69, 9.17) is 0 Å². The maximum absolute atomic E-state index is 13.9. The molecule has 1 atom stereocenters. The number of aromatic nitrogens is 3. The van der Waals surface area contributed by atoms with Crippen molar-refractivity contribution in [3.05, 3.63) is 76.1 Å². The van der Waals surface area contributed by atoms with Gasteiger partial charge in [-0.3, -0.25) is 14.6 Å². The van der Waals surface area contributed by atoms with Crippen LogP contribution in [-0.2, 0) is 0 Å². The van der Waals surface area contributed by atoms with Crippen LogP contribution in [0, 0.1) is 17.7 Å². The standard InChI is InChI=1S/C25H24F3N3O3/c1-25(2,34)19(14-6-7-14)12-22(32)18-11-21(15-8-9-20(23(27)28)29-13-15)30-31(24(18)33)17-5-3-4-16(26)10-17/h3-5,8-11,13-14,19,23,34H,6-7,12H2,1-2H3/t19-/m0/s1. The van der Waals surface area contributed by atoms with Crippen molar-refractivity contribution < 1.29 is 23.1 Å². The molecule has 2 heterocycles. The van der Waals surface area contributed by atoms with Gasteiger partial charge in [0.15, 0.2) is 5.78 Å². The van der Waals surface area contributed by atoms with E-state index in [0.717, 1.165) is 29.7 Å². The Morgan fingerprint density at radius 2 is 1.94 bits per heavy atom. The van der Waals surface area contributed by atoms with Crippen LogP contribution in [0.5, 0.6) is 0 Å². The van der Waals surface area contributed by atoms with Crippen LogP contribution in [0.25, 0.3) is 16.9 Å². The first kappa shape index (κ1) is 23.8. The number of carbonyl (C=O) groups is 1. The average Bonchev–Trinajstić information content (AvgIpc) is 3.62. The van der Waals surface area contributed by atoms with E-state index < -0.39 is 34.9 Å². The lowest BCUT2D eigenvalue weighted by molar-refractivity contribution is 0.00428. The van der Waals surface area contributed by atoms with Crippen LogP contribution in [0.15, 0.2) is 53.5 Å². The molecule has 1 saturated carbocycles. The Labute approximate surface area is 194 Å². The first-order valence-corrected chi connectivity index (χ1v) is 10.9. The highest BCUT2D eigenvalue weighted by molar-refractivity contribution is 5.96. The fraction of sp³-hybridized carbons (Fsp3) is 0.360. The molecule has 1 aliphatic rings. The number of aliphatic hydroxyl groups is 1. The van der Waals surface area contributed by atoms with Crippen LogP contribution >= 0.6 is 0 Å². The van der Waals surface area contributed by atoms with Crippen molar-refractivity contribution in [2.24, 2.45) is 11.8 Å². The summed E-state index contributed by atoms with van der Waals surface area (Å²) >= 11 is 0. The molecule has 0 unspecified atom stereocenters. The Bertz CT molecular complexity index is 1260. The molecule has 34 heavy (non-hydrogen) atoms. The Morgan fingerprint density at radius 3 is 2.50 bits per heavy atom. The van der Waals surface area contributed by atoms with E-state index in [-0.39, 0.29) is 35.2 Å². The van der Waals surface area contributed by atoms with Gasteiger partial charge < -0.3 is 5.11 Å². The minimum absolute atomic E-state index is 0.0431. The van der Waals surface area contributed by atoms with Gasteiger partial charge in [0.2, 0.25) is 0 Å². The van der Waals surface area contributed by atoms with Gasteiger partial charge in [-0.25, -0.2) is 13.2 Å². The lowest BCUT2D eigenvalue weighted by Crippen LogP contribution is -2.36. The van der Waals surface area contributed by atoms with Crippen LogP contribution in [0.3, 0.4) is 0 Å². The molecule has 1 aliphatic carbocycles. The van der Waals surface area contributed by atoms with Gasteiger partial charge in [-0.15, -0.1) is 0 Å². The summed E-state index contributed by atoms with van der Waals surface area (Å²) in [5.41, 5.74) is -1.88. The van der Waals surface area contributed by atoms with Crippen LogP contribution in [0.1, 0.15) is 55.6 Å². The number of benzene rings is 1. The van der Waals surface area contributed by atoms with Crippen molar-refractivity contribution in [1.29, 1.82) is 0 Å². The fourth-order valence-electron chi connectivity index (χ4n) is 4.11. The van der Waals surface area contributed by atoms with Crippen LogP contribution in [0.2, 0.25) is 0 Å². The number of alkyl halides is 2. The third-order valence-electron chi connectivity index (χ3n) is 6.07. The van der Waals surface area contributed by atoms with Gasteiger partial charge in [0.1, 0.15) is 11.5 Å². The van der Waals surface area contributed by atoms with Crippen molar-refractivity contribution in [2.75, 3.05) is 0 Å². The molecular formula is C25H24F3N3O3. The SMILES string of the molecule is CC(C)(O)[C@@H](CC(=O)c1cc(-c2ccc(C(F)F)nc2)nn(-c2cccc(F)c2)c1=O)C1CC1. The maximum Gasteiger partial charge on any atom is 0.282 e. The molecule has 0 radical (unpaired) electrons. The van der Waals surface area contributed by atoms with E-state index in [1.165, 1.54) is 36.5 Å². The summed E-state index contributed by atoms with van der Waals surface area (Å²) in [5, 5.41) is 14.8. The average molecular weight is 471 g/mol. The summed E-state index contributed by atoms with van der Waals surface area (Å²) in [4.78, 5) is 30.3. The second-order valence-corrected chi connectivity index (χ2v) is 9.14. The van der Waals surface area contributed by atoms with E-state index in [0.29, 0.717) is 5.56 Å². The molecule has 1 fully saturated rings. The van der Waals surface area contributed by atoms with E-state index >= 15 is 0 Å². The number of pyridine rings is 1. The van der Waals surface area contributed by atoms with Crippen LogP contribution in [-0.4, -0.2) is 31.3 Å². The van der Waals surface area contributed by atoms with Crippen LogP contribution < -0.4 is 5.56 Å². The molecule has 3 aromatic rings. The van der Waals surface area contributed by atoms with Crippen molar-refractivity contribution >= 4 is 5.78 Å². The van der Waals surface area contributed by atoms with Crippen molar-refractivity contribution in [3.63, 3.8) is 0 Å². The number of hydrogen-bond donors (Lipinski definition) is 1. The summed E-state index contributed by atoms with van der Waals surface area (Å²) in [6, 6.07) is 9.00. The van der Waals surface area contributed by atoms with E-state index in [1.807, 2.05) is 0 Å². The van der Waals surface area contributed by atoms with Crippen molar-refractivity contribution in [2.45, 2.75) is 45.1 Å². The molecule has 0 bridgehead atoms. The van der Waals surface area contributed by atoms with E-state index in [2.05, 4.69) is 10.1 Å². The number of hydrogen-bond acceptors (Lipinski definition) is 5. The molecule has 1 N–H and O–H groups in total. The van der Waals surface area contributed by atoms with E-state index in [1.54, 1.807) is 13.8 Å². The number of rotatable bonds is 8. The molecular weight excluding hydrogens is 447 g/mol. The Kier molecular flexibility index (Phi) is 6.40. The molecule has 9 heteroatoms. The number of nitrogens with zero attached hydrogens (tertiary/aromatic N) is 3. The van der Waals surface area contributed by atoms with Crippen molar-refractivity contribution in [3.8, 4) is 16.9 Å². The third kappa shape index (κ3) is 5.09. The highest BCUT2D eigenvalue weighted by Crippen LogP contribution is 2.44. The Hall–Kier alpha value is -3.33. The topological polar surface area (TPSA) is 85.1 Å². The maximum atomic E-state index is 13.9. The largest absolute Gasteiger partial charge is 0.390 e. The quantitative estimate of drug-likeness (QED) is 0.480. The summed E-state index contributed by atoms with van der Waals surface area (Å²) in [5.74, 6) is -1.20.